The van der Waals surface area contributed by atoms with E-state index in [1.54, 1.807) is 18.2 Å². The van der Waals surface area contributed by atoms with E-state index in [1.807, 2.05) is 13.0 Å². The minimum absolute atomic E-state index is 0.111. The van der Waals surface area contributed by atoms with Crippen molar-refractivity contribution in [1.82, 2.24) is 0 Å². The zero-order chi connectivity index (χ0) is 18.1. The predicted molar refractivity (Wildman–Crippen MR) is 101 cm³/mol. The van der Waals surface area contributed by atoms with Crippen molar-refractivity contribution in [2.75, 3.05) is 6.61 Å². The van der Waals surface area contributed by atoms with E-state index in [1.165, 1.54) is 11.6 Å². The molecule has 24 heavy (non-hydrogen) atoms. The zero-order valence-corrected chi connectivity index (χ0v) is 15.2. The Morgan fingerprint density at radius 3 is 2.58 bits per heavy atom. The first-order valence-electron chi connectivity index (χ1n) is 8.21. The van der Waals surface area contributed by atoms with Crippen LogP contribution in [0.5, 0.6) is 5.75 Å². The lowest BCUT2D eigenvalue weighted by atomic mass is 9.94. The van der Waals surface area contributed by atoms with Gasteiger partial charge in [0.2, 0.25) is 0 Å². The van der Waals surface area contributed by atoms with E-state index in [-0.39, 0.29) is 12.4 Å². The van der Waals surface area contributed by atoms with Crippen LogP contribution in [0.25, 0.3) is 6.08 Å². The van der Waals surface area contributed by atoms with Gasteiger partial charge in [0, 0.05) is 0 Å². The van der Waals surface area contributed by atoms with Crippen LogP contribution in [0.15, 0.2) is 47.6 Å². The highest BCUT2D eigenvalue weighted by atomic mass is 35.5. The van der Waals surface area contributed by atoms with Gasteiger partial charge in [0.05, 0.1) is 17.7 Å². The molecule has 0 saturated carbocycles. The summed E-state index contributed by atoms with van der Waals surface area (Å²) in [6.45, 7) is 7.67. The SMILES string of the molecule is C=C(C)/C(=C/CO)C(O)CC/C(=C/c1ccc(O)cc1Cl)CCC. The number of halogens is 1. The Morgan fingerprint density at radius 1 is 1.33 bits per heavy atom. The number of aliphatic hydroxyl groups excluding tert-OH is 2. The van der Waals surface area contributed by atoms with Crippen LogP contribution in [0.4, 0.5) is 0 Å². The molecule has 0 amide bonds. The van der Waals surface area contributed by atoms with Gasteiger partial charge in [-0.05, 0) is 55.5 Å². The standard InChI is InChI=1S/C20H27ClO3/c1-4-5-15(12-16-7-8-17(23)13-19(16)21)6-9-20(24)18(10-11-22)14(2)3/h7-8,10,12-13,20,22-24H,2,4-6,9,11H2,1,3H3/b15-12+,18-10-. The minimum atomic E-state index is -0.648. The molecule has 0 aliphatic carbocycles. The third-order valence-corrected chi connectivity index (χ3v) is 4.14. The molecule has 0 radical (unpaired) electrons. The van der Waals surface area contributed by atoms with Crippen molar-refractivity contribution in [3.63, 3.8) is 0 Å². The Morgan fingerprint density at radius 2 is 2.04 bits per heavy atom. The maximum Gasteiger partial charge on any atom is 0.117 e. The number of rotatable bonds is 9. The van der Waals surface area contributed by atoms with Crippen LogP contribution in [0.1, 0.15) is 45.1 Å². The lowest BCUT2D eigenvalue weighted by Crippen LogP contribution is -2.12. The zero-order valence-electron chi connectivity index (χ0n) is 14.4. The Labute approximate surface area is 149 Å². The van der Waals surface area contributed by atoms with Gasteiger partial charge >= 0.3 is 0 Å². The third kappa shape index (κ3) is 6.52. The molecular weight excluding hydrogens is 324 g/mol. The molecule has 1 aromatic rings. The van der Waals surface area contributed by atoms with E-state index < -0.39 is 6.10 Å². The van der Waals surface area contributed by atoms with Gasteiger partial charge in [0.1, 0.15) is 5.75 Å². The number of phenolic OH excluding ortho intramolecular Hbond substituents is 1. The van der Waals surface area contributed by atoms with Gasteiger partial charge < -0.3 is 15.3 Å². The highest BCUT2D eigenvalue weighted by Crippen LogP contribution is 2.27. The summed E-state index contributed by atoms with van der Waals surface area (Å²) in [6.07, 6.45) is 6.17. The Hall–Kier alpha value is -1.55. The summed E-state index contributed by atoms with van der Waals surface area (Å²) in [7, 11) is 0. The second-order valence-electron chi connectivity index (χ2n) is 5.94. The van der Waals surface area contributed by atoms with E-state index in [4.69, 9.17) is 16.7 Å². The number of allylic oxidation sites excluding steroid dienone is 1. The van der Waals surface area contributed by atoms with Crippen LogP contribution in [0, 0.1) is 0 Å². The van der Waals surface area contributed by atoms with Crippen LogP contribution in [0.3, 0.4) is 0 Å². The van der Waals surface area contributed by atoms with Gasteiger partial charge in [-0.25, -0.2) is 0 Å². The molecule has 0 bridgehead atoms. The van der Waals surface area contributed by atoms with Crippen LogP contribution < -0.4 is 0 Å². The van der Waals surface area contributed by atoms with E-state index in [0.717, 1.165) is 30.4 Å². The number of phenols is 1. The molecule has 1 atom stereocenters. The molecule has 3 N–H and O–H groups in total. The second kappa shape index (κ2) is 10.3. The van der Waals surface area contributed by atoms with Crippen molar-refractivity contribution in [3.8, 4) is 5.75 Å². The highest BCUT2D eigenvalue weighted by molar-refractivity contribution is 6.32. The van der Waals surface area contributed by atoms with E-state index in [9.17, 15) is 10.2 Å². The maximum absolute atomic E-state index is 10.4. The molecule has 0 aliphatic heterocycles. The van der Waals surface area contributed by atoms with Crippen LogP contribution in [-0.2, 0) is 0 Å². The molecule has 1 rings (SSSR count). The summed E-state index contributed by atoms with van der Waals surface area (Å²) in [4.78, 5) is 0. The molecule has 1 aromatic carbocycles. The van der Waals surface area contributed by atoms with Gasteiger partial charge in [0.15, 0.2) is 0 Å². The molecule has 1 unspecified atom stereocenters. The lowest BCUT2D eigenvalue weighted by molar-refractivity contribution is 0.201. The quantitative estimate of drug-likeness (QED) is 0.557. The average molecular weight is 351 g/mol. The molecule has 0 heterocycles. The van der Waals surface area contributed by atoms with Crippen molar-refractivity contribution in [1.29, 1.82) is 0 Å². The summed E-state index contributed by atoms with van der Waals surface area (Å²) in [5.41, 5.74) is 3.50. The largest absolute Gasteiger partial charge is 0.508 e. The van der Waals surface area contributed by atoms with E-state index in [0.29, 0.717) is 17.0 Å². The fraction of sp³-hybridized carbons (Fsp3) is 0.400. The summed E-state index contributed by atoms with van der Waals surface area (Å²) in [5, 5.41) is 29.4. The van der Waals surface area contributed by atoms with Crippen molar-refractivity contribution < 1.29 is 15.3 Å². The second-order valence-corrected chi connectivity index (χ2v) is 6.34. The molecular formula is C20H27ClO3. The smallest absolute Gasteiger partial charge is 0.117 e. The summed E-state index contributed by atoms with van der Waals surface area (Å²) in [6, 6.07) is 4.92. The summed E-state index contributed by atoms with van der Waals surface area (Å²) in [5.74, 6) is 0.143. The summed E-state index contributed by atoms with van der Waals surface area (Å²) >= 11 is 6.17. The molecule has 0 saturated heterocycles. The molecule has 3 nitrogen and oxygen atoms in total. The van der Waals surface area contributed by atoms with Crippen LogP contribution in [0.2, 0.25) is 5.02 Å². The van der Waals surface area contributed by atoms with Gasteiger partial charge in [-0.2, -0.15) is 0 Å². The number of hydrogen-bond donors (Lipinski definition) is 3. The average Bonchev–Trinajstić information content (AvgIpc) is 2.52. The van der Waals surface area contributed by atoms with Crippen LogP contribution in [-0.4, -0.2) is 28.0 Å². The third-order valence-electron chi connectivity index (χ3n) is 3.82. The Balaban J connectivity index is 2.88. The first-order valence-corrected chi connectivity index (χ1v) is 8.59. The normalized spacial score (nSPS) is 13.9. The van der Waals surface area contributed by atoms with Gasteiger partial charge in [-0.15, -0.1) is 0 Å². The Kier molecular flexibility index (Phi) is 8.83. The molecule has 4 heteroatoms. The highest BCUT2D eigenvalue weighted by Gasteiger charge is 2.12. The molecule has 0 fully saturated rings. The summed E-state index contributed by atoms with van der Waals surface area (Å²) < 4.78 is 0. The number of aliphatic hydroxyl groups is 2. The fourth-order valence-corrected chi connectivity index (χ4v) is 2.84. The Bertz CT molecular complexity index is 617. The van der Waals surface area contributed by atoms with Gasteiger partial charge in [-0.1, -0.05) is 54.8 Å². The fourth-order valence-electron chi connectivity index (χ4n) is 2.61. The minimum Gasteiger partial charge on any atom is -0.508 e. The van der Waals surface area contributed by atoms with Gasteiger partial charge in [-0.3, -0.25) is 0 Å². The monoisotopic (exact) mass is 350 g/mol. The molecule has 132 valence electrons. The predicted octanol–water partition coefficient (Wildman–Crippen LogP) is 4.87. The molecule has 0 aliphatic rings. The first kappa shape index (κ1) is 20.5. The molecule has 0 spiro atoms. The number of benzene rings is 1. The van der Waals surface area contributed by atoms with Crippen molar-refractivity contribution in [2.24, 2.45) is 0 Å². The van der Waals surface area contributed by atoms with Crippen molar-refractivity contribution in [2.45, 2.75) is 45.6 Å². The lowest BCUT2D eigenvalue weighted by Gasteiger charge is -2.16. The van der Waals surface area contributed by atoms with Crippen molar-refractivity contribution >= 4 is 17.7 Å². The molecule has 0 aromatic heterocycles. The number of aromatic hydroxyl groups is 1. The van der Waals surface area contributed by atoms with Gasteiger partial charge in [0.25, 0.3) is 0 Å². The van der Waals surface area contributed by atoms with E-state index >= 15 is 0 Å². The van der Waals surface area contributed by atoms with Crippen LogP contribution >= 0.6 is 11.6 Å². The maximum atomic E-state index is 10.4. The first-order chi connectivity index (χ1) is 11.4. The topological polar surface area (TPSA) is 60.7 Å². The number of hydrogen-bond acceptors (Lipinski definition) is 3. The van der Waals surface area contributed by atoms with E-state index in [2.05, 4.69) is 13.5 Å². The van der Waals surface area contributed by atoms with Crippen molar-refractivity contribution in [3.05, 3.63) is 58.2 Å².